The minimum atomic E-state index is -0.466. The van der Waals surface area contributed by atoms with Gasteiger partial charge < -0.3 is 16.8 Å². The molecule has 19 heavy (non-hydrogen) atoms. The molecule has 2 aromatic rings. The van der Waals surface area contributed by atoms with E-state index in [0.717, 1.165) is 12.1 Å². The van der Waals surface area contributed by atoms with Crippen molar-refractivity contribution in [3.8, 4) is 0 Å². The van der Waals surface area contributed by atoms with Gasteiger partial charge in [0.15, 0.2) is 0 Å². The van der Waals surface area contributed by atoms with Gasteiger partial charge in [0, 0.05) is 11.3 Å². The number of aryl methyl sites for hydroxylation is 1. The van der Waals surface area contributed by atoms with Crippen molar-refractivity contribution in [1.29, 1.82) is 0 Å². The molecule has 0 aliphatic heterocycles. The predicted octanol–water partition coefficient (Wildman–Crippen LogP) is 2.67. The summed E-state index contributed by atoms with van der Waals surface area (Å²) in [4.78, 5) is 11.2. The molecule has 0 radical (unpaired) electrons. The topological polar surface area (TPSA) is 81.1 Å². The molecule has 0 atom stereocenters. The zero-order valence-electron chi connectivity index (χ0n) is 10.8. The Bertz CT molecular complexity index is 608. The van der Waals surface area contributed by atoms with E-state index in [9.17, 15) is 4.79 Å². The summed E-state index contributed by atoms with van der Waals surface area (Å²) in [5.74, 6) is -0.466. The number of nitrogens with two attached hydrogens (primary N) is 2. The van der Waals surface area contributed by atoms with Crippen molar-refractivity contribution < 1.29 is 4.79 Å². The van der Waals surface area contributed by atoms with Gasteiger partial charge in [0.2, 0.25) is 5.91 Å². The number of nitrogen functional groups attached to an aromatic ring is 1. The van der Waals surface area contributed by atoms with Crippen LogP contribution in [0.1, 0.15) is 22.8 Å². The van der Waals surface area contributed by atoms with E-state index in [-0.39, 0.29) is 0 Å². The first-order valence-corrected chi connectivity index (χ1v) is 6.16. The Morgan fingerprint density at radius 3 is 2.58 bits per heavy atom. The number of hydrogen-bond donors (Lipinski definition) is 3. The van der Waals surface area contributed by atoms with Crippen molar-refractivity contribution >= 4 is 23.0 Å². The summed E-state index contributed by atoms with van der Waals surface area (Å²) in [6.07, 6.45) is 0.915. The van der Waals surface area contributed by atoms with Crippen LogP contribution in [0.3, 0.4) is 0 Å². The molecule has 0 saturated carbocycles. The van der Waals surface area contributed by atoms with Crippen molar-refractivity contribution in [2.24, 2.45) is 5.73 Å². The van der Waals surface area contributed by atoms with Crippen LogP contribution in [0.2, 0.25) is 0 Å². The number of rotatable bonds is 4. The lowest BCUT2D eigenvalue weighted by Gasteiger charge is -2.13. The molecule has 4 heteroatoms. The number of nitrogens with one attached hydrogen (secondary N) is 1. The summed E-state index contributed by atoms with van der Waals surface area (Å²) >= 11 is 0. The molecule has 2 rings (SSSR count). The van der Waals surface area contributed by atoms with Gasteiger partial charge in [-0.25, -0.2) is 0 Å². The number of amides is 1. The van der Waals surface area contributed by atoms with Gasteiger partial charge in [0.05, 0.1) is 11.4 Å². The lowest BCUT2D eigenvalue weighted by Crippen LogP contribution is -2.11. The predicted molar refractivity (Wildman–Crippen MR) is 78.5 cm³/mol. The summed E-state index contributed by atoms with van der Waals surface area (Å²) in [5, 5.41) is 3.25. The molecule has 0 bridgehead atoms. The Balaban J connectivity index is 2.37. The molecule has 0 saturated heterocycles. The minimum absolute atomic E-state index is 0.436. The van der Waals surface area contributed by atoms with Crippen LogP contribution in [0.15, 0.2) is 42.5 Å². The highest BCUT2D eigenvalue weighted by atomic mass is 16.1. The molecular weight excluding hydrogens is 238 g/mol. The number of hydrogen-bond acceptors (Lipinski definition) is 3. The van der Waals surface area contributed by atoms with Crippen LogP contribution < -0.4 is 16.8 Å². The van der Waals surface area contributed by atoms with E-state index >= 15 is 0 Å². The number of para-hydroxylation sites is 1. The van der Waals surface area contributed by atoms with Crippen molar-refractivity contribution in [3.05, 3.63) is 53.6 Å². The SMILES string of the molecule is CCc1ccccc1Nc1cc(C(N)=O)ccc1N. The van der Waals surface area contributed by atoms with Gasteiger partial charge in [-0.2, -0.15) is 0 Å². The molecule has 0 aliphatic rings. The Labute approximate surface area is 112 Å². The molecule has 4 nitrogen and oxygen atoms in total. The normalized spacial score (nSPS) is 10.2. The monoisotopic (exact) mass is 255 g/mol. The van der Waals surface area contributed by atoms with Crippen LogP contribution in [0.5, 0.6) is 0 Å². The number of anilines is 3. The van der Waals surface area contributed by atoms with Crippen molar-refractivity contribution in [2.75, 3.05) is 11.1 Å². The fraction of sp³-hybridized carbons (Fsp3) is 0.133. The molecule has 1 amide bonds. The molecule has 0 aliphatic carbocycles. The Morgan fingerprint density at radius 2 is 1.89 bits per heavy atom. The van der Waals surface area contributed by atoms with Crippen molar-refractivity contribution in [3.63, 3.8) is 0 Å². The van der Waals surface area contributed by atoms with Gasteiger partial charge in [0.25, 0.3) is 0 Å². The first-order valence-electron chi connectivity index (χ1n) is 6.16. The quantitative estimate of drug-likeness (QED) is 0.735. The second-order valence-electron chi connectivity index (χ2n) is 4.30. The summed E-state index contributed by atoms with van der Waals surface area (Å²) in [7, 11) is 0. The van der Waals surface area contributed by atoms with E-state index in [0.29, 0.717) is 16.9 Å². The largest absolute Gasteiger partial charge is 0.397 e. The average molecular weight is 255 g/mol. The van der Waals surface area contributed by atoms with Gasteiger partial charge in [-0.05, 0) is 36.2 Å². The van der Waals surface area contributed by atoms with Gasteiger partial charge in [0.1, 0.15) is 0 Å². The maximum atomic E-state index is 11.2. The molecule has 0 fully saturated rings. The second kappa shape index (κ2) is 5.44. The molecule has 98 valence electrons. The second-order valence-corrected chi connectivity index (χ2v) is 4.30. The number of carbonyl (C=O) groups is 1. The Hall–Kier alpha value is -2.49. The lowest BCUT2D eigenvalue weighted by molar-refractivity contribution is 0.100. The van der Waals surface area contributed by atoms with E-state index in [1.54, 1.807) is 18.2 Å². The van der Waals surface area contributed by atoms with Gasteiger partial charge >= 0.3 is 0 Å². The zero-order valence-corrected chi connectivity index (χ0v) is 10.8. The van der Waals surface area contributed by atoms with E-state index in [1.807, 2.05) is 18.2 Å². The molecule has 0 aromatic heterocycles. The number of primary amides is 1. The third-order valence-corrected chi connectivity index (χ3v) is 3.01. The van der Waals surface area contributed by atoms with Crippen molar-refractivity contribution in [2.45, 2.75) is 13.3 Å². The van der Waals surface area contributed by atoms with Crippen molar-refractivity contribution in [1.82, 2.24) is 0 Å². The standard InChI is InChI=1S/C15H17N3O/c1-2-10-5-3-4-6-13(10)18-14-9-11(15(17)19)7-8-12(14)16/h3-9,18H,2,16H2,1H3,(H2,17,19). The fourth-order valence-corrected chi connectivity index (χ4v) is 1.91. The number of carbonyl (C=O) groups excluding carboxylic acids is 1. The third-order valence-electron chi connectivity index (χ3n) is 3.01. The summed E-state index contributed by atoms with van der Waals surface area (Å²) in [5.41, 5.74) is 15.1. The first-order chi connectivity index (χ1) is 9.11. The summed E-state index contributed by atoms with van der Waals surface area (Å²) < 4.78 is 0. The van der Waals surface area contributed by atoms with E-state index in [2.05, 4.69) is 18.3 Å². The average Bonchev–Trinajstić information content (AvgIpc) is 2.41. The van der Waals surface area contributed by atoms with Gasteiger partial charge in [-0.3, -0.25) is 4.79 Å². The highest BCUT2D eigenvalue weighted by Crippen LogP contribution is 2.26. The number of benzene rings is 2. The molecule has 2 aromatic carbocycles. The molecule has 5 N–H and O–H groups in total. The van der Waals surface area contributed by atoms with Crippen LogP contribution in [0, 0.1) is 0 Å². The smallest absolute Gasteiger partial charge is 0.248 e. The van der Waals surface area contributed by atoms with Crippen LogP contribution in [0.4, 0.5) is 17.1 Å². The third kappa shape index (κ3) is 2.85. The highest BCUT2D eigenvalue weighted by Gasteiger charge is 2.07. The van der Waals surface area contributed by atoms with Gasteiger partial charge in [-0.15, -0.1) is 0 Å². The molecule has 0 unspecified atom stereocenters. The summed E-state index contributed by atoms with van der Waals surface area (Å²) in [6.45, 7) is 2.09. The molecule has 0 spiro atoms. The maximum Gasteiger partial charge on any atom is 0.248 e. The summed E-state index contributed by atoms with van der Waals surface area (Å²) in [6, 6.07) is 12.9. The minimum Gasteiger partial charge on any atom is -0.397 e. The maximum absolute atomic E-state index is 11.2. The Morgan fingerprint density at radius 1 is 1.16 bits per heavy atom. The zero-order chi connectivity index (χ0) is 13.8. The fourth-order valence-electron chi connectivity index (χ4n) is 1.91. The highest BCUT2D eigenvalue weighted by molar-refractivity contribution is 5.95. The van der Waals surface area contributed by atoms with E-state index < -0.39 is 5.91 Å². The van der Waals surface area contributed by atoms with Crippen LogP contribution >= 0.6 is 0 Å². The van der Waals surface area contributed by atoms with E-state index in [4.69, 9.17) is 11.5 Å². The lowest BCUT2D eigenvalue weighted by atomic mass is 10.1. The molecule has 0 heterocycles. The Kier molecular flexibility index (Phi) is 3.71. The van der Waals surface area contributed by atoms with Gasteiger partial charge in [-0.1, -0.05) is 25.1 Å². The first kappa shape index (κ1) is 13.0. The van der Waals surface area contributed by atoms with E-state index in [1.165, 1.54) is 5.56 Å². The van der Waals surface area contributed by atoms with Crippen LogP contribution in [-0.4, -0.2) is 5.91 Å². The molecular formula is C15H17N3O. The van der Waals surface area contributed by atoms with Crippen LogP contribution in [-0.2, 0) is 6.42 Å². The van der Waals surface area contributed by atoms with Crippen LogP contribution in [0.25, 0.3) is 0 Å².